The highest BCUT2D eigenvalue weighted by Gasteiger charge is 2.26. The van der Waals surface area contributed by atoms with E-state index in [2.05, 4.69) is 34.8 Å². The maximum absolute atomic E-state index is 12.6. The fourth-order valence-corrected chi connectivity index (χ4v) is 3.34. The van der Waals surface area contributed by atoms with Gasteiger partial charge in [-0.05, 0) is 25.3 Å². The van der Waals surface area contributed by atoms with Crippen LogP contribution in [0.1, 0.15) is 36.8 Å². The number of benzene rings is 1. The molecule has 1 saturated heterocycles. The molecule has 27 heavy (non-hydrogen) atoms. The summed E-state index contributed by atoms with van der Waals surface area (Å²) in [5, 5.41) is 3.88. The van der Waals surface area contributed by atoms with Crippen molar-refractivity contribution in [2.75, 3.05) is 26.2 Å². The third-order valence-corrected chi connectivity index (χ3v) is 5.04. The molecule has 0 aliphatic carbocycles. The summed E-state index contributed by atoms with van der Waals surface area (Å²) in [7, 11) is 0. The van der Waals surface area contributed by atoms with Crippen LogP contribution >= 0.6 is 0 Å². The topological polar surface area (TPSA) is 82.1 Å². The standard InChI is InChI=1S/C20H26N4O3/c1-15-3-5-16(6-4-15)7-10-19(26)23-11-2-12-24(14-13-23)20(27)17-8-9-18(25)22-21-17/h3-6H,2,7-14H2,1H3,(H,22,25). The van der Waals surface area contributed by atoms with Gasteiger partial charge in [-0.3, -0.25) is 14.4 Å². The molecule has 1 aromatic carbocycles. The molecule has 7 heteroatoms. The van der Waals surface area contributed by atoms with Crippen LogP contribution in [0.5, 0.6) is 0 Å². The van der Waals surface area contributed by atoms with E-state index >= 15 is 0 Å². The molecule has 0 atom stereocenters. The van der Waals surface area contributed by atoms with Crippen LogP contribution in [-0.4, -0.2) is 59.4 Å². The van der Waals surface area contributed by atoms with Crippen molar-refractivity contribution in [3.05, 3.63) is 35.4 Å². The van der Waals surface area contributed by atoms with Gasteiger partial charge in [-0.15, -0.1) is 0 Å². The molecule has 0 aromatic heterocycles. The molecule has 0 spiro atoms. The molecule has 0 bridgehead atoms. The average molecular weight is 370 g/mol. The lowest BCUT2D eigenvalue weighted by atomic mass is 10.1. The Hall–Kier alpha value is -2.70. The predicted octanol–water partition coefficient (Wildman–Crippen LogP) is 1.25. The minimum Gasteiger partial charge on any atom is -0.341 e. The van der Waals surface area contributed by atoms with Gasteiger partial charge in [0.15, 0.2) is 0 Å². The molecule has 2 aliphatic rings. The van der Waals surface area contributed by atoms with Crippen molar-refractivity contribution in [2.24, 2.45) is 5.10 Å². The van der Waals surface area contributed by atoms with Crippen molar-refractivity contribution < 1.29 is 14.4 Å². The van der Waals surface area contributed by atoms with Gasteiger partial charge < -0.3 is 9.80 Å². The second kappa shape index (κ2) is 8.79. The zero-order chi connectivity index (χ0) is 19.2. The Morgan fingerprint density at radius 3 is 2.44 bits per heavy atom. The Bertz CT molecular complexity index is 742. The lowest BCUT2D eigenvalue weighted by molar-refractivity contribution is -0.131. The van der Waals surface area contributed by atoms with Gasteiger partial charge in [0.1, 0.15) is 5.71 Å². The fourth-order valence-electron chi connectivity index (χ4n) is 3.34. The second-order valence-electron chi connectivity index (χ2n) is 7.11. The number of rotatable bonds is 4. The number of hydrazone groups is 1. The Balaban J connectivity index is 1.50. The van der Waals surface area contributed by atoms with Gasteiger partial charge in [-0.1, -0.05) is 29.8 Å². The maximum atomic E-state index is 12.6. The summed E-state index contributed by atoms with van der Waals surface area (Å²) in [6.07, 6.45) is 2.63. The first-order chi connectivity index (χ1) is 13.0. The summed E-state index contributed by atoms with van der Waals surface area (Å²) in [5.74, 6) is -0.163. The number of hydrogen-bond donors (Lipinski definition) is 1. The molecule has 3 rings (SSSR count). The molecule has 1 N–H and O–H groups in total. The van der Waals surface area contributed by atoms with E-state index in [-0.39, 0.29) is 17.7 Å². The summed E-state index contributed by atoms with van der Waals surface area (Å²) < 4.78 is 0. The highest BCUT2D eigenvalue weighted by molar-refractivity contribution is 6.39. The van der Waals surface area contributed by atoms with E-state index in [1.807, 2.05) is 11.8 Å². The van der Waals surface area contributed by atoms with Crippen LogP contribution in [-0.2, 0) is 20.8 Å². The van der Waals surface area contributed by atoms with Gasteiger partial charge in [0.2, 0.25) is 11.8 Å². The minimum absolute atomic E-state index is 0.132. The van der Waals surface area contributed by atoms with Crippen LogP contribution in [0.25, 0.3) is 0 Å². The van der Waals surface area contributed by atoms with Crippen LogP contribution < -0.4 is 5.43 Å². The summed E-state index contributed by atoms with van der Waals surface area (Å²) >= 11 is 0. The van der Waals surface area contributed by atoms with Crippen molar-refractivity contribution in [3.8, 4) is 0 Å². The zero-order valence-corrected chi connectivity index (χ0v) is 15.7. The smallest absolute Gasteiger partial charge is 0.270 e. The second-order valence-corrected chi connectivity index (χ2v) is 7.11. The monoisotopic (exact) mass is 370 g/mol. The maximum Gasteiger partial charge on any atom is 0.270 e. The summed E-state index contributed by atoms with van der Waals surface area (Å²) in [4.78, 5) is 39.9. The number of aryl methyl sites for hydroxylation is 2. The van der Waals surface area contributed by atoms with Crippen LogP contribution in [0.15, 0.2) is 29.4 Å². The molecule has 2 heterocycles. The Labute approximate surface area is 159 Å². The number of carbonyl (C=O) groups is 3. The lowest BCUT2D eigenvalue weighted by Gasteiger charge is -2.23. The predicted molar refractivity (Wildman–Crippen MR) is 102 cm³/mol. The Morgan fingerprint density at radius 1 is 1.04 bits per heavy atom. The molecular weight excluding hydrogens is 344 g/mol. The van der Waals surface area contributed by atoms with E-state index in [1.165, 1.54) is 5.56 Å². The third-order valence-electron chi connectivity index (χ3n) is 5.04. The van der Waals surface area contributed by atoms with E-state index < -0.39 is 0 Å². The Kier molecular flexibility index (Phi) is 6.21. The first kappa shape index (κ1) is 19.1. The van der Waals surface area contributed by atoms with E-state index in [4.69, 9.17) is 0 Å². The van der Waals surface area contributed by atoms with Gasteiger partial charge in [-0.25, -0.2) is 5.43 Å². The zero-order valence-electron chi connectivity index (χ0n) is 15.7. The van der Waals surface area contributed by atoms with Gasteiger partial charge in [0.05, 0.1) is 0 Å². The van der Waals surface area contributed by atoms with E-state index in [9.17, 15) is 14.4 Å². The highest BCUT2D eigenvalue weighted by atomic mass is 16.2. The van der Waals surface area contributed by atoms with Crippen molar-refractivity contribution in [3.63, 3.8) is 0 Å². The van der Waals surface area contributed by atoms with Gasteiger partial charge in [-0.2, -0.15) is 5.10 Å². The highest BCUT2D eigenvalue weighted by Crippen LogP contribution is 2.11. The largest absolute Gasteiger partial charge is 0.341 e. The van der Waals surface area contributed by atoms with Crippen LogP contribution in [0.2, 0.25) is 0 Å². The first-order valence-corrected chi connectivity index (χ1v) is 9.51. The SMILES string of the molecule is Cc1ccc(CCC(=O)N2CCCN(C(=O)C3=NNC(=O)CC3)CC2)cc1. The van der Waals surface area contributed by atoms with Gasteiger partial charge in [0.25, 0.3) is 5.91 Å². The average Bonchev–Trinajstić information content (AvgIpc) is 2.94. The van der Waals surface area contributed by atoms with Crippen LogP contribution in [0.3, 0.4) is 0 Å². The van der Waals surface area contributed by atoms with Crippen LogP contribution in [0.4, 0.5) is 0 Å². The van der Waals surface area contributed by atoms with Crippen molar-refractivity contribution >= 4 is 23.4 Å². The van der Waals surface area contributed by atoms with E-state index in [0.717, 1.165) is 18.4 Å². The number of nitrogens with one attached hydrogen (secondary N) is 1. The summed E-state index contributed by atoms with van der Waals surface area (Å²) in [5.41, 5.74) is 5.14. The number of nitrogens with zero attached hydrogens (tertiary/aromatic N) is 3. The molecule has 1 fully saturated rings. The first-order valence-electron chi connectivity index (χ1n) is 9.51. The third kappa shape index (κ3) is 5.15. The molecule has 2 aliphatic heterocycles. The number of hydrogen-bond acceptors (Lipinski definition) is 4. The Morgan fingerprint density at radius 2 is 1.74 bits per heavy atom. The molecule has 0 radical (unpaired) electrons. The molecule has 144 valence electrons. The number of carbonyl (C=O) groups excluding carboxylic acids is 3. The van der Waals surface area contributed by atoms with Gasteiger partial charge >= 0.3 is 0 Å². The lowest BCUT2D eigenvalue weighted by Crippen LogP contribution is -2.42. The number of amides is 3. The normalized spacial score (nSPS) is 17.8. The molecule has 7 nitrogen and oxygen atoms in total. The van der Waals surface area contributed by atoms with E-state index in [1.54, 1.807) is 4.90 Å². The molecule has 0 unspecified atom stereocenters. The van der Waals surface area contributed by atoms with Crippen molar-refractivity contribution in [2.45, 2.75) is 39.0 Å². The fraction of sp³-hybridized carbons (Fsp3) is 0.500. The summed E-state index contributed by atoms with van der Waals surface area (Å²) in [6.45, 7) is 4.36. The van der Waals surface area contributed by atoms with E-state index in [0.29, 0.717) is 51.2 Å². The quantitative estimate of drug-likeness (QED) is 0.866. The minimum atomic E-state index is -0.159. The van der Waals surface area contributed by atoms with Crippen LogP contribution in [0, 0.1) is 6.92 Å². The molecule has 3 amide bonds. The molecule has 0 saturated carbocycles. The molecular formula is C20H26N4O3. The van der Waals surface area contributed by atoms with Crippen molar-refractivity contribution in [1.29, 1.82) is 0 Å². The van der Waals surface area contributed by atoms with Gasteiger partial charge in [0, 0.05) is 45.4 Å². The van der Waals surface area contributed by atoms with Crippen molar-refractivity contribution in [1.82, 2.24) is 15.2 Å². The summed E-state index contributed by atoms with van der Waals surface area (Å²) in [6, 6.07) is 8.25. The molecule has 1 aromatic rings.